The summed E-state index contributed by atoms with van der Waals surface area (Å²) in [7, 11) is 1.62. The summed E-state index contributed by atoms with van der Waals surface area (Å²) in [6.45, 7) is 8.40. The minimum Gasteiger partial charge on any atom is -0.478 e. The molecule has 3 aromatic rings. The average molecular weight is 643 g/mol. The predicted molar refractivity (Wildman–Crippen MR) is 169 cm³/mol. The fraction of sp³-hybridized carbons (Fsp3) is 0.515. The molecule has 10 nitrogen and oxygen atoms in total. The highest BCUT2D eigenvalue weighted by Crippen LogP contribution is 2.41. The largest absolute Gasteiger partial charge is 0.478 e. The van der Waals surface area contributed by atoms with Gasteiger partial charge in [-0.05, 0) is 76.6 Å². The highest BCUT2D eigenvalue weighted by Gasteiger charge is 2.35. The van der Waals surface area contributed by atoms with Crippen LogP contribution in [0, 0.1) is 0 Å². The summed E-state index contributed by atoms with van der Waals surface area (Å²) in [5, 5.41) is 9.23. The number of carbonyl (C=O) groups is 2. The van der Waals surface area contributed by atoms with E-state index >= 15 is 0 Å². The number of ether oxygens (including phenoxy) is 2. The molecule has 5 rings (SSSR count). The summed E-state index contributed by atoms with van der Waals surface area (Å²) < 4.78 is 53.7. The number of likely N-dealkylation sites (tertiary alicyclic amines) is 1. The Hall–Kier alpha value is -4.13. The maximum Gasteiger partial charge on any atom is 0.417 e. The number of aromatic nitrogens is 2. The van der Waals surface area contributed by atoms with Crippen LogP contribution in [-0.2, 0) is 10.9 Å². The minimum atomic E-state index is -4.64. The standard InChI is InChI=1S/C33H41F3N6O4/c1-32(2,3)46-31(44)41-22-10-13-42(14-11-22)12-5-15-45-28-9-6-20(18-39-28)23-16-24-27(17-26(23)33(34,35)36)38-19-25(29(24)37-4)30(43)40-21-7-8-21/h6,9,16-19,21-22H,5,7-8,10-15H2,1-4H3,(H,37,38)(H,40,43)(H,41,44). The van der Waals surface area contributed by atoms with Gasteiger partial charge in [-0.15, -0.1) is 0 Å². The molecule has 13 heteroatoms. The van der Waals surface area contributed by atoms with Gasteiger partial charge in [-0.1, -0.05) is 0 Å². The van der Waals surface area contributed by atoms with Gasteiger partial charge in [-0.25, -0.2) is 9.78 Å². The average Bonchev–Trinajstić information content (AvgIpc) is 3.81. The summed E-state index contributed by atoms with van der Waals surface area (Å²) >= 11 is 0. The lowest BCUT2D eigenvalue weighted by Gasteiger charge is -2.32. The molecular weight excluding hydrogens is 601 g/mol. The van der Waals surface area contributed by atoms with Gasteiger partial charge in [-0.3, -0.25) is 9.78 Å². The number of carbonyl (C=O) groups excluding carboxylic acids is 2. The summed E-state index contributed by atoms with van der Waals surface area (Å²) in [5.41, 5.74) is -0.368. The monoisotopic (exact) mass is 642 g/mol. The molecule has 2 aliphatic rings. The van der Waals surface area contributed by atoms with Crippen LogP contribution in [0.2, 0.25) is 0 Å². The molecular formula is C33H41F3N6O4. The number of hydrogen-bond acceptors (Lipinski definition) is 8. The molecule has 0 radical (unpaired) electrons. The number of alkyl halides is 3. The van der Waals surface area contributed by atoms with Crippen molar-refractivity contribution < 1.29 is 32.2 Å². The van der Waals surface area contributed by atoms with Crippen LogP contribution in [0.5, 0.6) is 5.88 Å². The Bertz CT molecular complexity index is 1550. The lowest BCUT2D eigenvalue weighted by Crippen LogP contribution is -2.46. The van der Waals surface area contributed by atoms with Crippen molar-refractivity contribution in [3.05, 3.63) is 47.8 Å². The zero-order chi connectivity index (χ0) is 33.1. The molecule has 46 heavy (non-hydrogen) atoms. The molecule has 3 heterocycles. The predicted octanol–water partition coefficient (Wildman–Crippen LogP) is 6.01. The van der Waals surface area contributed by atoms with E-state index in [1.165, 1.54) is 18.5 Å². The normalized spacial score (nSPS) is 16.2. The van der Waals surface area contributed by atoms with E-state index in [0.717, 1.165) is 57.8 Å². The Kier molecular flexibility index (Phi) is 9.90. The summed E-state index contributed by atoms with van der Waals surface area (Å²) in [4.78, 5) is 35.6. The number of hydrogen-bond donors (Lipinski definition) is 3. The van der Waals surface area contributed by atoms with Crippen LogP contribution in [0.15, 0.2) is 36.7 Å². The van der Waals surface area contributed by atoms with E-state index in [1.54, 1.807) is 19.2 Å². The molecule has 0 atom stereocenters. The molecule has 3 N–H and O–H groups in total. The van der Waals surface area contributed by atoms with Gasteiger partial charge in [0, 0.05) is 68.2 Å². The Labute approximate surface area is 266 Å². The lowest BCUT2D eigenvalue weighted by atomic mass is 9.96. The number of benzene rings is 1. The minimum absolute atomic E-state index is 0.0679. The third-order valence-electron chi connectivity index (χ3n) is 7.94. The highest BCUT2D eigenvalue weighted by molar-refractivity contribution is 6.08. The van der Waals surface area contributed by atoms with E-state index < -0.39 is 23.4 Å². The SMILES string of the molecule is CNc1c(C(=O)NC2CC2)cnc2cc(C(F)(F)F)c(-c3ccc(OCCCN4CCC(NC(=O)OC(C)(C)C)CC4)nc3)cc12. The zero-order valence-electron chi connectivity index (χ0n) is 26.6. The van der Waals surface area contributed by atoms with Crippen LogP contribution in [0.4, 0.5) is 23.7 Å². The van der Waals surface area contributed by atoms with Crippen molar-refractivity contribution in [3.63, 3.8) is 0 Å². The summed E-state index contributed by atoms with van der Waals surface area (Å²) in [5.74, 6) is 0.000494. The van der Waals surface area contributed by atoms with Gasteiger partial charge in [0.05, 0.1) is 28.9 Å². The Balaban J connectivity index is 1.20. The molecule has 0 unspecified atom stereocenters. The first kappa shape index (κ1) is 33.2. The maximum absolute atomic E-state index is 14.2. The van der Waals surface area contributed by atoms with Crippen molar-refractivity contribution in [2.75, 3.05) is 38.6 Å². The van der Waals surface area contributed by atoms with Crippen LogP contribution in [0.1, 0.15) is 68.8 Å². The Morgan fingerprint density at radius 1 is 0.978 bits per heavy atom. The van der Waals surface area contributed by atoms with Crippen molar-refractivity contribution in [3.8, 4) is 17.0 Å². The number of pyridine rings is 2. The van der Waals surface area contributed by atoms with Crippen molar-refractivity contribution in [1.29, 1.82) is 0 Å². The van der Waals surface area contributed by atoms with E-state index in [9.17, 15) is 22.8 Å². The van der Waals surface area contributed by atoms with Crippen LogP contribution in [0.25, 0.3) is 22.0 Å². The molecule has 1 saturated heterocycles. The third-order valence-corrected chi connectivity index (χ3v) is 7.94. The van der Waals surface area contributed by atoms with Crippen molar-refractivity contribution in [2.45, 2.75) is 76.7 Å². The van der Waals surface area contributed by atoms with Gasteiger partial charge >= 0.3 is 12.3 Å². The lowest BCUT2D eigenvalue weighted by molar-refractivity contribution is -0.137. The molecule has 1 saturated carbocycles. The van der Waals surface area contributed by atoms with E-state index in [0.29, 0.717) is 23.6 Å². The van der Waals surface area contributed by atoms with E-state index in [2.05, 4.69) is 30.8 Å². The zero-order valence-corrected chi connectivity index (χ0v) is 26.6. The van der Waals surface area contributed by atoms with E-state index in [1.807, 2.05) is 20.8 Å². The topological polar surface area (TPSA) is 118 Å². The second kappa shape index (κ2) is 13.7. The van der Waals surface area contributed by atoms with Crippen molar-refractivity contribution in [2.24, 2.45) is 0 Å². The van der Waals surface area contributed by atoms with Gasteiger partial charge in [0.2, 0.25) is 5.88 Å². The fourth-order valence-corrected chi connectivity index (χ4v) is 5.51. The molecule has 0 spiro atoms. The molecule has 248 valence electrons. The van der Waals surface area contributed by atoms with Gasteiger partial charge < -0.3 is 30.3 Å². The smallest absolute Gasteiger partial charge is 0.417 e. The number of fused-ring (bicyclic) bond motifs is 1. The number of rotatable bonds is 10. The second-order valence-corrected chi connectivity index (χ2v) is 12.8. The number of nitrogens with zero attached hydrogens (tertiary/aromatic N) is 3. The Morgan fingerprint density at radius 3 is 2.30 bits per heavy atom. The molecule has 1 aliphatic heterocycles. The number of nitrogens with one attached hydrogen (secondary N) is 3. The van der Waals surface area contributed by atoms with Gasteiger partial charge in [0.15, 0.2) is 0 Å². The quantitative estimate of drug-likeness (QED) is 0.230. The third kappa shape index (κ3) is 8.56. The molecule has 2 fully saturated rings. The number of halogens is 3. The van der Waals surface area contributed by atoms with Crippen LogP contribution in [-0.4, -0.2) is 77.8 Å². The second-order valence-electron chi connectivity index (χ2n) is 12.8. The highest BCUT2D eigenvalue weighted by atomic mass is 19.4. The fourth-order valence-electron chi connectivity index (χ4n) is 5.51. The van der Waals surface area contributed by atoms with Crippen LogP contribution >= 0.6 is 0 Å². The summed E-state index contributed by atoms with van der Waals surface area (Å²) in [6, 6.07) is 5.74. The molecule has 2 aromatic heterocycles. The van der Waals surface area contributed by atoms with E-state index in [4.69, 9.17) is 9.47 Å². The summed E-state index contributed by atoms with van der Waals surface area (Å²) in [6.07, 6.45) is 1.86. The molecule has 1 aromatic carbocycles. The van der Waals surface area contributed by atoms with Crippen molar-refractivity contribution >= 4 is 28.6 Å². The number of alkyl carbamates (subject to hydrolysis) is 1. The molecule has 1 aliphatic carbocycles. The van der Waals surface area contributed by atoms with Crippen LogP contribution in [0.3, 0.4) is 0 Å². The van der Waals surface area contributed by atoms with Gasteiger partial charge in [0.25, 0.3) is 5.91 Å². The maximum atomic E-state index is 14.2. The molecule has 0 bridgehead atoms. The first-order valence-corrected chi connectivity index (χ1v) is 15.6. The number of anilines is 1. The number of piperidine rings is 1. The van der Waals surface area contributed by atoms with Gasteiger partial charge in [0.1, 0.15) is 5.60 Å². The first-order chi connectivity index (χ1) is 21.8. The van der Waals surface area contributed by atoms with E-state index in [-0.39, 0.29) is 40.2 Å². The number of amides is 2. The Morgan fingerprint density at radius 2 is 1.70 bits per heavy atom. The van der Waals surface area contributed by atoms with Crippen LogP contribution < -0.4 is 20.7 Å². The first-order valence-electron chi connectivity index (χ1n) is 15.6. The van der Waals surface area contributed by atoms with Crippen molar-refractivity contribution in [1.82, 2.24) is 25.5 Å². The molecule has 2 amide bonds. The van der Waals surface area contributed by atoms with Gasteiger partial charge in [-0.2, -0.15) is 13.2 Å².